The summed E-state index contributed by atoms with van der Waals surface area (Å²) in [5.74, 6) is 0.0636. The lowest BCUT2D eigenvalue weighted by Gasteiger charge is -2.15. The molecule has 0 spiro atoms. The van der Waals surface area contributed by atoms with Crippen LogP contribution in [0.2, 0.25) is 0 Å². The van der Waals surface area contributed by atoms with Crippen molar-refractivity contribution in [3.8, 4) is 0 Å². The van der Waals surface area contributed by atoms with Crippen LogP contribution in [0.5, 0.6) is 0 Å². The van der Waals surface area contributed by atoms with Gasteiger partial charge in [0.25, 0.3) is 0 Å². The molecule has 5 heteroatoms. The molecule has 1 saturated heterocycles. The largest absolute Gasteiger partial charge is 0.311 e. The zero-order valence-electron chi connectivity index (χ0n) is 11.3. The van der Waals surface area contributed by atoms with E-state index >= 15 is 0 Å². The number of carbonyl (C=O) groups is 1. The molecule has 3 rings (SSSR count). The zero-order chi connectivity index (χ0) is 14.7. The number of hydrogen-bond donors (Lipinski definition) is 0. The Bertz CT molecular complexity index is 655. The Morgan fingerprint density at radius 1 is 0.952 bits per heavy atom. The predicted molar refractivity (Wildman–Crippen MR) is 83.7 cm³/mol. The zero-order valence-corrected chi connectivity index (χ0v) is 12.1. The molecule has 1 unspecified atom stereocenters. The quantitative estimate of drug-likeness (QED) is 0.610. The average molecular weight is 300 g/mol. The third-order valence-electron chi connectivity index (χ3n) is 3.28. The Hall–Kier alpha value is -2.20. The highest BCUT2D eigenvalue weighted by atomic mass is 35.5. The van der Waals surface area contributed by atoms with Crippen LogP contribution in [0.3, 0.4) is 0 Å². The molecule has 0 saturated carbocycles. The molecule has 0 radical (unpaired) electrons. The molecule has 1 aliphatic rings. The van der Waals surface area contributed by atoms with Crippen molar-refractivity contribution in [1.82, 2.24) is 0 Å². The average Bonchev–Trinajstić information content (AvgIpc) is 2.85. The van der Waals surface area contributed by atoms with Crippen molar-refractivity contribution in [2.75, 3.05) is 11.4 Å². The highest BCUT2D eigenvalue weighted by molar-refractivity contribution is 6.24. The van der Waals surface area contributed by atoms with Gasteiger partial charge in [-0.25, -0.2) is 0 Å². The van der Waals surface area contributed by atoms with Crippen molar-refractivity contribution in [2.24, 2.45) is 10.2 Å². The van der Waals surface area contributed by atoms with E-state index in [1.54, 1.807) is 4.90 Å². The van der Waals surface area contributed by atoms with Crippen LogP contribution in [0.25, 0.3) is 0 Å². The van der Waals surface area contributed by atoms with E-state index in [0.717, 1.165) is 17.1 Å². The van der Waals surface area contributed by atoms with Gasteiger partial charge in [-0.15, -0.1) is 11.6 Å². The summed E-state index contributed by atoms with van der Waals surface area (Å²) in [6, 6.07) is 17.0. The Morgan fingerprint density at radius 2 is 1.57 bits per heavy atom. The first kappa shape index (κ1) is 13.8. The Labute approximate surface area is 128 Å². The summed E-state index contributed by atoms with van der Waals surface area (Å²) >= 11 is 6.00. The van der Waals surface area contributed by atoms with Crippen molar-refractivity contribution in [2.45, 2.75) is 11.8 Å². The summed E-state index contributed by atoms with van der Waals surface area (Å²) in [6.07, 6.45) is 0.400. The van der Waals surface area contributed by atoms with Gasteiger partial charge in [0, 0.05) is 18.7 Å². The number of rotatable bonds is 3. The molecule has 0 N–H and O–H groups in total. The molecule has 1 atom stereocenters. The van der Waals surface area contributed by atoms with E-state index < -0.39 is 0 Å². The SMILES string of the molecule is O=C1CC(Cl)CN1c1ccc(N=Nc2ccccc2)cc1. The van der Waals surface area contributed by atoms with Gasteiger partial charge in [0.2, 0.25) is 5.91 Å². The van der Waals surface area contributed by atoms with Crippen LogP contribution >= 0.6 is 11.6 Å². The number of nitrogens with zero attached hydrogens (tertiary/aromatic N) is 3. The second kappa shape index (κ2) is 6.06. The molecule has 0 bridgehead atoms. The topological polar surface area (TPSA) is 45.0 Å². The minimum absolute atomic E-state index is 0.0636. The first-order valence-electron chi connectivity index (χ1n) is 6.74. The van der Waals surface area contributed by atoms with E-state index in [1.165, 1.54) is 0 Å². The standard InChI is InChI=1S/C16H14ClN3O/c17-12-10-16(21)20(11-12)15-8-6-14(7-9-15)19-18-13-4-2-1-3-5-13/h1-9,12H,10-11H2. The molecule has 0 aliphatic carbocycles. The lowest BCUT2D eigenvalue weighted by atomic mass is 10.2. The molecule has 1 aliphatic heterocycles. The number of azo groups is 1. The minimum Gasteiger partial charge on any atom is -0.311 e. The van der Waals surface area contributed by atoms with Crippen LogP contribution in [-0.2, 0) is 4.79 Å². The van der Waals surface area contributed by atoms with Crippen LogP contribution in [0.15, 0.2) is 64.8 Å². The summed E-state index contributed by atoms with van der Waals surface area (Å²) in [7, 11) is 0. The molecule has 1 fully saturated rings. The van der Waals surface area contributed by atoms with Crippen molar-refractivity contribution >= 4 is 34.6 Å². The number of hydrogen-bond acceptors (Lipinski definition) is 3. The van der Waals surface area contributed by atoms with E-state index in [0.29, 0.717) is 13.0 Å². The summed E-state index contributed by atoms with van der Waals surface area (Å²) < 4.78 is 0. The maximum atomic E-state index is 11.8. The third kappa shape index (κ3) is 3.28. The number of benzene rings is 2. The minimum atomic E-state index is -0.102. The fourth-order valence-corrected chi connectivity index (χ4v) is 2.49. The van der Waals surface area contributed by atoms with Crippen LogP contribution in [-0.4, -0.2) is 17.8 Å². The van der Waals surface area contributed by atoms with Gasteiger partial charge in [0.05, 0.1) is 16.8 Å². The first-order chi connectivity index (χ1) is 10.2. The second-order valence-corrected chi connectivity index (χ2v) is 5.47. The fourth-order valence-electron chi connectivity index (χ4n) is 2.22. The summed E-state index contributed by atoms with van der Waals surface area (Å²) in [6.45, 7) is 0.561. The first-order valence-corrected chi connectivity index (χ1v) is 7.17. The molecular formula is C16H14ClN3O. The number of carbonyl (C=O) groups excluding carboxylic acids is 1. The smallest absolute Gasteiger partial charge is 0.228 e. The van der Waals surface area contributed by atoms with Gasteiger partial charge in [0.15, 0.2) is 0 Å². The number of anilines is 1. The Morgan fingerprint density at radius 3 is 2.14 bits per heavy atom. The summed E-state index contributed by atoms with van der Waals surface area (Å²) in [4.78, 5) is 13.5. The molecule has 1 amide bonds. The van der Waals surface area contributed by atoms with Crippen LogP contribution in [0, 0.1) is 0 Å². The normalized spacial score (nSPS) is 18.6. The highest BCUT2D eigenvalue weighted by Crippen LogP contribution is 2.26. The third-order valence-corrected chi connectivity index (χ3v) is 3.57. The predicted octanol–water partition coefficient (Wildman–Crippen LogP) is 4.45. The second-order valence-electron chi connectivity index (χ2n) is 4.86. The molecule has 2 aromatic rings. The maximum Gasteiger partial charge on any atom is 0.228 e. The molecule has 4 nitrogen and oxygen atoms in total. The fraction of sp³-hybridized carbons (Fsp3) is 0.188. The van der Waals surface area contributed by atoms with Gasteiger partial charge in [-0.2, -0.15) is 10.2 Å². The van der Waals surface area contributed by atoms with E-state index in [1.807, 2.05) is 54.6 Å². The molecule has 2 aromatic carbocycles. The van der Waals surface area contributed by atoms with Gasteiger partial charge in [-0.1, -0.05) is 18.2 Å². The van der Waals surface area contributed by atoms with E-state index in [-0.39, 0.29) is 11.3 Å². The monoisotopic (exact) mass is 299 g/mol. The van der Waals surface area contributed by atoms with Gasteiger partial charge >= 0.3 is 0 Å². The number of amides is 1. The summed E-state index contributed by atoms with van der Waals surface area (Å²) in [5.41, 5.74) is 2.40. The van der Waals surface area contributed by atoms with E-state index in [2.05, 4.69) is 10.2 Å². The lowest BCUT2D eigenvalue weighted by molar-refractivity contribution is -0.117. The van der Waals surface area contributed by atoms with Crippen molar-refractivity contribution in [1.29, 1.82) is 0 Å². The molecule has 21 heavy (non-hydrogen) atoms. The van der Waals surface area contributed by atoms with Crippen molar-refractivity contribution in [3.05, 3.63) is 54.6 Å². The number of halogens is 1. The van der Waals surface area contributed by atoms with E-state index in [4.69, 9.17) is 11.6 Å². The van der Waals surface area contributed by atoms with Gasteiger partial charge in [0.1, 0.15) is 0 Å². The lowest BCUT2D eigenvalue weighted by Crippen LogP contribution is -2.24. The maximum absolute atomic E-state index is 11.8. The highest BCUT2D eigenvalue weighted by Gasteiger charge is 2.28. The van der Waals surface area contributed by atoms with E-state index in [9.17, 15) is 4.79 Å². The van der Waals surface area contributed by atoms with Gasteiger partial charge in [-0.3, -0.25) is 4.79 Å². The number of alkyl halides is 1. The molecule has 1 heterocycles. The Kier molecular flexibility index (Phi) is 3.97. The van der Waals surface area contributed by atoms with Gasteiger partial charge in [-0.05, 0) is 36.4 Å². The van der Waals surface area contributed by atoms with Crippen molar-refractivity contribution in [3.63, 3.8) is 0 Å². The Balaban J connectivity index is 1.73. The van der Waals surface area contributed by atoms with Crippen LogP contribution < -0.4 is 4.90 Å². The summed E-state index contributed by atoms with van der Waals surface area (Å²) in [5, 5.41) is 8.23. The molecule has 0 aromatic heterocycles. The van der Waals surface area contributed by atoms with Crippen LogP contribution in [0.1, 0.15) is 6.42 Å². The van der Waals surface area contributed by atoms with Crippen LogP contribution in [0.4, 0.5) is 17.1 Å². The van der Waals surface area contributed by atoms with Crippen molar-refractivity contribution < 1.29 is 4.79 Å². The molecular weight excluding hydrogens is 286 g/mol. The van der Waals surface area contributed by atoms with Gasteiger partial charge < -0.3 is 4.90 Å². The molecule has 106 valence electrons.